The van der Waals surface area contributed by atoms with Crippen LogP contribution in [-0.2, 0) is 0 Å². The van der Waals surface area contributed by atoms with E-state index in [0.29, 0.717) is 12.5 Å². The van der Waals surface area contributed by atoms with E-state index in [1.807, 2.05) is 4.90 Å². The van der Waals surface area contributed by atoms with Crippen LogP contribution >= 0.6 is 0 Å². The molecule has 0 spiro atoms. The number of likely N-dealkylation sites (tertiary alicyclic amines) is 1. The Bertz CT molecular complexity index is 445. The maximum Gasteiger partial charge on any atom is 0.273 e. The zero-order chi connectivity index (χ0) is 15.4. The molecule has 2 atom stereocenters. The summed E-state index contributed by atoms with van der Waals surface area (Å²) in [6, 6.07) is 1.21. The number of nitrogens with zero attached hydrogens (tertiary/aromatic N) is 2. The zero-order valence-electron chi connectivity index (χ0n) is 12.4. The molecule has 118 valence electrons. The Balaban J connectivity index is 2.04. The van der Waals surface area contributed by atoms with Crippen molar-refractivity contribution in [2.24, 2.45) is 11.8 Å². The molecule has 0 radical (unpaired) electrons. The van der Waals surface area contributed by atoms with E-state index < -0.39 is 0 Å². The molecule has 1 aromatic heterocycles. The van der Waals surface area contributed by atoms with Crippen LogP contribution in [0.5, 0.6) is 0 Å². The van der Waals surface area contributed by atoms with Crippen molar-refractivity contribution in [1.82, 2.24) is 15.4 Å². The van der Waals surface area contributed by atoms with Gasteiger partial charge in [0.25, 0.3) is 5.91 Å². The molecule has 1 aromatic rings. The molecule has 1 amide bonds. The van der Waals surface area contributed by atoms with E-state index in [9.17, 15) is 15.0 Å². The maximum absolute atomic E-state index is 12.1. The van der Waals surface area contributed by atoms with E-state index in [2.05, 4.69) is 28.8 Å². The highest BCUT2D eigenvalue weighted by molar-refractivity contribution is 5.92. The Morgan fingerprint density at radius 3 is 2.71 bits per heavy atom. The standard InChI is InChI=1S/C14H23N3O4/c1-9(2)11-5-17(10(7-18)8-19)6-13(11)15-14(20)12-3-4-21-16-12/h3-4,9-11,13,18-19H,5-8H2,1-2H3,(H,15,20)/t11-,13+/m1/s1. The third-order valence-corrected chi connectivity index (χ3v) is 4.17. The summed E-state index contributed by atoms with van der Waals surface area (Å²) in [6.07, 6.45) is 1.36. The fourth-order valence-corrected chi connectivity index (χ4v) is 2.85. The van der Waals surface area contributed by atoms with Gasteiger partial charge in [-0.1, -0.05) is 19.0 Å². The van der Waals surface area contributed by atoms with E-state index in [1.165, 1.54) is 12.3 Å². The molecule has 0 aromatic carbocycles. The van der Waals surface area contributed by atoms with Gasteiger partial charge in [0.1, 0.15) is 6.26 Å². The van der Waals surface area contributed by atoms with Crippen molar-refractivity contribution in [2.45, 2.75) is 25.9 Å². The molecule has 21 heavy (non-hydrogen) atoms. The molecule has 7 nitrogen and oxygen atoms in total. The monoisotopic (exact) mass is 297 g/mol. The molecule has 1 fully saturated rings. The second kappa shape index (κ2) is 7.02. The van der Waals surface area contributed by atoms with Crippen molar-refractivity contribution in [3.8, 4) is 0 Å². The van der Waals surface area contributed by atoms with Crippen molar-refractivity contribution in [3.05, 3.63) is 18.0 Å². The van der Waals surface area contributed by atoms with Gasteiger partial charge in [-0.25, -0.2) is 0 Å². The normalized spacial score (nSPS) is 23.1. The minimum atomic E-state index is -0.278. The number of hydrogen-bond donors (Lipinski definition) is 3. The fourth-order valence-electron chi connectivity index (χ4n) is 2.85. The van der Waals surface area contributed by atoms with Gasteiger partial charge in [-0.15, -0.1) is 0 Å². The average Bonchev–Trinajstić information content (AvgIpc) is 3.09. The zero-order valence-corrected chi connectivity index (χ0v) is 12.4. The Labute approximate surface area is 123 Å². The molecular weight excluding hydrogens is 274 g/mol. The lowest BCUT2D eigenvalue weighted by Crippen LogP contribution is -2.43. The van der Waals surface area contributed by atoms with Crippen molar-refractivity contribution < 1.29 is 19.5 Å². The first-order valence-electron chi connectivity index (χ1n) is 7.23. The molecular formula is C14H23N3O4. The molecule has 1 aliphatic heterocycles. The predicted molar refractivity (Wildman–Crippen MR) is 75.6 cm³/mol. The Morgan fingerprint density at radius 1 is 1.48 bits per heavy atom. The number of rotatable bonds is 6. The third-order valence-electron chi connectivity index (χ3n) is 4.17. The minimum Gasteiger partial charge on any atom is -0.395 e. The van der Waals surface area contributed by atoms with Crippen LogP contribution in [-0.4, -0.2) is 64.6 Å². The molecule has 0 bridgehead atoms. The van der Waals surface area contributed by atoms with Gasteiger partial charge >= 0.3 is 0 Å². The van der Waals surface area contributed by atoms with E-state index in [1.54, 1.807) is 0 Å². The number of nitrogens with one attached hydrogen (secondary N) is 1. The summed E-state index contributed by atoms with van der Waals surface area (Å²) < 4.78 is 4.68. The SMILES string of the molecule is CC(C)[C@H]1CN(C(CO)CO)C[C@@H]1NC(=O)c1ccon1. The lowest BCUT2D eigenvalue weighted by Gasteiger charge is -2.24. The summed E-state index contributed by atoms with van der Waals surface area (Å²) in [5.41, 5.74) is 0.261. The summed E-state index contributed by atoms with van der Waals surface area (Å²) in [4.78, 5) is 14.1. The van der Waals surface area contributed by atoms with Crippen LogP contribution < -0.4 is 5.32 Å². The topological polar surface area (TPSA) is 98.8 Å². The minimum absolute atomic E-state index is 0.0326. The molecule has 3 N–H and O–H groups in total. The van der Waals surface area contributed by atoms with Crippen LogP contribution in [0.25, 0.3) is 0 Å². The van der Waals surface area contributed by atoms with Crippen LogP contribution in [0.4, 0.5) is 0 Å². The van der Waals surface area contributed by atoms with Crippen molar-refractivity contribution in [3.63, 3.8) is 0 Å². The molecule has 0 aliphatic carbocycles. The molecule has 7 heteroatoms. The van der Waals surface area contributed by atoms with Gasteiger partial charge in [0.05, 0.1) is 19.3 Å². The summed E-state index contributed by atoms with van der Waals surface area (Å²) in [5.74, 6) is 0.392. The van der Waals surface area contributed by atoms with Gasteiger partial charge in [0.2, 0.25) is 0 Å². The smallest absolute Gasteiger partial charge is 0.273 e. The second-order valence-corrected chi connectivity index (χ2v) is 5.85. The van der Waals surface area contributed by atoms with E-state index in [0.717, 1.165) is 6.54 Å². The van der Waals surface area contributed by atoms with E-state index >= 15 is 0 Å². The van der Waals surface area contributed by atoms with Gasteiger partial charge < -0.3 is 20.1 Å². The van der Waals surface area contributed by atoms with Crippen molar-refractivity contribution in [1.29, 1.82) is 0 Å². The molecule has 2 heterocycles. The highest BCUT2D eigenvalue weighted by Gasteiger charge is 2.38. The quantitative estimate of drug-likeness (QED) is 0.667. The highest BCUT2D eigenvalue weighted by Crippen LogP contribution is 2.26. The number of amides is 1. The van der Waals surface area contributed by atoms with E-state index in [4.69, 9.17) is 0 Å². The summed E-state index contributed by atoms with van der Waals surface area (Å²) in [6.45, 7) is 5.38. The third kappa shape index (κ3) is 3.61. The number of aromatic nitrogens is 1. The summed E-state index contributed by atoms with van der Waals surface area (Å²) in [5, 5.41) is 25.2. The predicted octanol–water partition coefficient (Wildman–Crippen LogP) is -0.286. The molecule has 1 aliphatic rings. The van der Waals surface area contributed by atoms with Crippen LogP contribution in [0.15, 0.2) is 16.9 Å². The Kier molecular flexibility index (Phi) is 5.33. The summed E-state index contributed by atoms with van der Waals surface area (Å²) in [7, 11) is 0. The first-order valence-corrected chi connectivity index (χ1v) is 7.23. The first kappa shape index (κ1) is 15.9. The lowest BCUT2D eigenvalue weighted by molar-refractivity contribution is 0.0848. The number of aliphatic hydroxyl groups excluding tert-OH is 2. The summed E-state index contributed by atoms with van der Waals surface area (Å²) >= 11 is 0. The van der Waals surface area contributed by atoms with Gasteiger partial charge in [-0.05, 0) is 11.8 Å². The number of carbonyl (C=O) groups is 1. The van der Waals surface area contributed by atoms with Crippen LogP contribution in [0.3, 0.4) is 0 Å². The van der Waals surface area contributed by atoms with Gasteiger partial charge in [-0.3, -0.25) is 9.69 Å². The van der Waals surface area contributed by atoms with Crippen LogP contribution in [0.1, 0.15) is 24.3 Å². The maximum atomic E-state index is 12.1. The fraction of sp³-hybridized carbons (Fsp3) is 0.714. The Hall–Kier alpha value is -1.44. The van der Waals surface area contributed by atoms with Crippen molar-refractivity contribution in [2.75, 3.05) is 26.3 Å². The Morgan fingerprint density at radius 2 is 2.19 bits per heavy atom. The second-order valence-electron chi connectivity index (χ2n) is 5.85. The molecule has 1 saturated heterocycles. The van der Waals surface area contributed by atoms with E-state index in [-0.39, 0.29) is 42.8 Å². The number of carbonyl (C=O) groups excluding carboxylic acids is 1. The average molecular weight is 297 g/mol. The van der Waals surface area contributed by atoms with Crippen molar-refractivity contribution >= 4 is 5.91 Å². The highest BCUT2D eigenvalue weighted by atomic mass is 16.5. The molecule has 2 rings (SSSR count). The van der Waals surface area contributed by atoms with Gasteiger partial charge in [0.15, 0.2) is 5.69 Å². The van der Waals surface area contributed by atoms with Gasteiger partial charge in [-0.2, -0.15) is 0 Å². The number of aliphatic hydroxyl groups is 2. The van der Waals surface area contributed by atoms with Crippen LogP contribution in [0, 0.1) is 11.8 Å². The molecule has 0 saturated carbocycles. The largest absolute Gasteiger partial charge is 0.395 e. The van der Waals surface area contributed by atoms with Gasteiger partial charge in [0, 0.05) is 25.2 Å². The lowest BCUT2D eigenvalue weighted by atomic mass is 9.91. The number of hydrogen-bond acceptors (Lipinski definition) is 6. The molecule has 0 unspecified atom stereocenters. The van der Waals surface area contributed by atoms with Crippen LogP contribution in [0.2, 0.25) is 0 Å². The first-order chi connectivity index (χ1) is 10.1.